The van der Waals surface area contributed by atoms with E-state index >= 15 is 0 Å². The Bertz CT molecular complexity index is 1150. The lowest BCUT2D eigenvalue weighted by Gasteiger charge is -2.33. The van der Waals surface area contributed by atoms with Crippen LogP contribution in [0.4, 0.5) is 14.6 Å². The number of carbonyl (C=O) groups is 2. The number of hydrogen-bond acceptors (Lipinski definition) is 6. The van der Waals surface area contributed by atoms with Gasteiger partial charge in [-0.15, -0.1) is 0 Å². The van der Waals surface area contributed by atoms with Gasteiger partial charge in [0.2, 0.25) is 5.91 Å². The maximum Gasteiger partial charge on any atom is 0.332 e. The maximum absolute atomic E-state index is 13.6. The molecule has 1 atom stereocenters. The lowest BCUT2D eigenvalue weighted by molar-refractivity contribution is -0.124. The summed E-state index contributed by atoms with van der Waals surface area (Å²) >= 11 is 0. The quantitative estimate of drug-likeness (QED) is 0.590. The summed E-state index contributed by atoms with van der Waals surface area (Å²) in [4.78, 5) is 52.1. The highest BCUT2D eigenvalue weighted by molar-refractivity contribution is 6.01. The molecule has 11 heteroatoms. The van der Waals surface area contributed by atoms with Crippen molar-refractivity contribution in [3.8, 4) is 0 Å². The van der Waals surface area contributed by atoms with Gasteiger partial charge in [0.1, 0.15) is 23.0 Å². The van der Waals surface area contributed by atoms with Gasteiger partial charge in [0.25, 0.3) is 5.56 Å². The van der Waals surface area contributed by atoms with E-state index in [1.54, 1.807) is 11.8 Å². The van der Waals surface area contributed by atoms with Gasteiger partial charge < -0.3 is 11.5 Å². The molecular weight excluding hydrogens is 424 g/mol. The molecule has 9 nitrogen and oxygen atoms in total. The molecule has 2 aromatic rings. The molecule has 4 N–H and O–H groups in total. The largest absolute Gasteiger partial charge is 0.384 e. The second-order valence-corrected chi connectivity index (χ2v) is 7.76. The number of nitrogens with two attached hydrogens (primary N) is 2. The fraction of sp³-hybridized carbons (Fsp3) is 0.429. The summed E-state index contributed by atoms with van der Waals surface area (Å²) in [7, 11) is 0. The van der Waals surface area contributed by atoms with Gasteiger partial charge in [0.05, 0.1) is 19.1 Å². The molecule has 0 unspecified atom stereocenters. The Labute approximate surface area is 182 Å². The first-order valence-electron chi connectivity index (χ1n) is 10.3. The van der Waals surface area contributed by atoms with Crippen molar-refractivity contribution in [2.75, 3.05) is 18.8 Å². The summed E-state index contributed by atoms with van der Waals surface area (Å²) < 4.78 is 29.0. The van der Waals surface area contributed by atoms with Gasteiger partial charge in [-0.2, -0.15) is 0 Å². The van der Waals surface area contributed by atoms with Crippen LogP contribution < -0.4 is 22.7 Å². The summed E-state index contributed by atoms with van der Waals surface area (Å²) in [6.45, 7) is 1.34. The van der Waals surface area contributed by atoms with E-state index < -0.39 is 52.0 Å². The average Bonchev–Trinajstić information content (AvgIpc) is 2.71. The first kappa shape index (κ1) is 23.3. The summed E-state index contributed by atoms with van der Waals surface area (Å²) in [6, 6.07) is 2.11. The third-order valence-corrected chi connectivity index (χ3v) is 5.61. The summed E-state index contributed by atoms with van der Waals surface area (Å²) in [5, 5.41) is 0. The Hall–Kier alpha value is -3.34. The predicted octanol–water partition coefficient (Wildman–Crippen LogP) is 0.461. The van der Waals surface area contributed by atoms with Crippen LogP contribution in [0.25, 0.3) is 0 Å². The molecular formula is C21H25F2N5O4. The number of benzene rings is 1. The van der Waals surface area contributed by atoms with Gasteiger partial charge in [0, 0.05) is 12.6 Å². The van der Waals surface area contributed by atoms with Crippen LogP contribution in [0.3, 0.4) is 0 Å². The van der Waals surface area contributed by atoms with E-state index in [9.17, 15) is 28.0 Å². The number of rotatable bonds is 7. The number of carbonyl (C=O) groups excluding carboxylic acids is 2. The fourth-order valence-electron chi connectivity index (χ4n) is 4.06. The lowest BCUT2D eigenvalue weighted by atomic mass is 10.0. The van der Waals surface area contributed by atoms with Crippen LogP contribution >= 0.6 is 0 Å². The summed E-state index contributed by atoms with van der Waals surface area (Å²) in [5.41, 5.74) is 9.55. The number of Topliss-reactive ketones (excluding diaryl/α,β-unsaturated/α-hetero) is 1. The Morgan fingerprint density at radius 1 is 1.09 bits per heavy atom. The molecule has 1 aromatic heterocycles. The van der Waals surface area contributed by atoms with E-state index in [1.165, 1.54) is 0 Å². The Morgan fingerprint density at radius 3 is 2.34 bits per heavy atom. The second-order valence-electron chi connectivity index (χ2n) is 7.76. The molecule has 3 rings (SSSR count). The minimum Gasteiger partial charge on any atom is -0.384 e. The molecule has 0 saturated carbocycles. The number of anilines is 1. The van der Waals surface area contributed by atoms with E-state index in [-0.39, 0.29) is 25.2 Å². The van der Waals surface area contributed by atoms with Crippen molar-refractivity contribution in [2.24, 2.45) is 5.73 Å². The maximum atomic E-state index is 13.6. The van der Waals surface area contributed by atoms with Crippen molar-refractivity contribution in [3.63, 3.8) is 0 Å². The minimum atomic E-state index is -0.852. The van der Waals surface area contributed by atoms with Crippen LogP contribution in [0.1, 0.15) is 42.1 Å². The Balaban J connectivity index is 2.04. The Kier molecular flexibility index (Phi) is 6.87. The number of primary amides is 1. The van der Waals surface area contributed by atoms with Crippen molar-refractivity contribution >= 4 is 17.5 Å². The topological polar surface area (TPSA) is 133 Å². The lowest BCUT2D eigenvalue weighted by Crippen LogP contribution is -2.51. The number of hydrogen-bond donors (Lipinski definition) is 2. The highest BCUT2D eigenvalue weighted by atomic mass is 19.1. The number of halogens is 2. The van der Waals surface area contributed by atoms with Gasteiger partial charge in [0.15, 0.2) is 5.78 Å². The number of amides is 1. The minimum absolute atomic E-state index is 0.0383. The van der Waals surface area contributed by atoms with Crippen LogP contribution in [0.15, 0.2) is 27.8 Å². The van der Waals surface area contributed by atoms with Crippen LogP contribution in [-0.2, 0) is 17.9 Å². The molecule has 1 aliphatic rings. The van der Waals surface area contributed by atoms with E-state index in [4.69, 9.17) is 11.5 Å². The highest BCUT2D eigenvalue weighted by Crippen LogP contribution is 2.18. The molecule has 172 valence electrons. The average molecular weight is 449 g/mol. The van der Waals surface area contributed by atoms with Crippen molar-refractivity contribution in [1.82, 2.24) is 14.0 Å². The number of ketones is 1. The number of likely N-dealkylation sites (tertiary alicyclic amines) is 1. The predicted molar refractivity (Wildman–Crippen MR) is 113 cm³/mol. The number of nitrogen functional groups attached to an aromatic ring is 1. The van der Waals surface area contributed by atoms with Crippen molar-refractivity contribution in [2.45, 2.75) is 45.3 Å². The summed E-state index contributed by atoms with van der Waals surface area (Å²) in [6.07, 6.45) is 2.05. The molecule has 0 bridgehead atoms. The molecule has 1 aromatic carbocycles. The molecule has 1 amide bonds. The molecule has 2 heterocycles. The van der Waals surface area contributed by atoms with Gasteiger partial charge in [-0.1, -0.05) is 6.42 Å². The first-order valence-corrected chi connectivity index (χ1v) is 10.3. The SMILES string of the molecule is CCn1c(=O)c(C(=O)CN2CCCC[C@@H]2C(N)=O)c(N)n(Cc2cc(F)cc(F)c2)c1=O. The first-order chi connectivity index (χ1) is 15.1. The van der Waals surface area contributed by atoms with E-state index in [0.29, 0.717) is 19.0 Å². The monoisotopic (exact) mass is 449 g/mol. The number of nitrogens with zero attached hydrogens (tertiary/aromatic N) is 3. The molecule has 0 aliphatic carbocycles. The standard InChI is InChI=1S/C21H25F2N5O4/c1-2-27-20(31)17(16(29)11-26-6-4-3-5-15(26)19(25)30)18(24)28(21(27)32)10-12-7-13(22)9-14(23)8-12/h7-9,15H,2-6,10-11,24H2,1H3,(H2,25,30)/t15-/m1/s1. The third-order valence-electron chi connectivity index (χ3n) is 5.61. The summed E-state index contributed by atoms with van der Waals surface area (Å²) in [5.74, 6) is -3.30. The second kappa shape index (κ2) is 9.43. The van der Waals surface area contributed by atoms with Gasteiger partial charge >= 0.3 is 5.69 Å². The van der Waals surface area contributed by atoms with E-state index in [2.05, 4.69) is 0 Å². The van der Waals surface area contributed by atoms with E-state index in [1.807, 2.05) is 0 Å². The zero-order valence-corrected chi connectivity index (χ0v) is 17.6. The number of aromatic nitrogens is 2. The highest BCUT2D eigenvalue weighted by Gasteiger charge is 2.31. The van der Waals surface area contributed by atoms with Crippen LogP contribution in [-0.4, -0.2) is 44.9 Å². The molecule has 0 radical (unpaired) electrons. The molecule has 1 fully saturated rings. The zero-order chi connectivity index (χ0) is 23.6. The van der Waals surface area contributed by atoms with Crippen LogP contribution in [0.2, 0.25) is 0 Å². The van der Waals surface area contributed by atoms with Crippen molar-refractivity contribution in [3.05, 3.63) is 61.8 Å². The van der Waals surface area contributed by atoms with Gasteiger partial charge in [-0.05, 0) is 44.0 Å². The Morgan fingerprint density at radius 2 is 1.75 bits per heavy atom. The molecule has 1 saturated heterocycles. The normalized spacial score (nSPS) is 16.8. The smallest absolute Gasteiger partial charge is 0.332 e. The number of piperidine rings is 1. The van der Waals surface area contributed by atoms with Crippen molar-refractivity contribution in [1.29, 1.82) is 0 Å². The third kappa shape index (κ3) is 4.62. The van der Waals surface area contributed by atoms with Crippen molar-refractivity contribution < 1.29 is 18.4 Å². The van der Waals surface area contributed by atoms with Gasteiger partial charge in [-0.25, -0.2) is 13.6 Å². The zero-order valence-electron chi connectivity index (χ0n) is 17.6. The van der Waals surface area contributed by atoms with Gasteiger partial charge in [-0.3, -0.25) is 28.4 Å². The van der Waals surface area contributed by atoms with Crippen LogP contribution in [0, 0.1) is 11.6 Å². The molecule has 32 heavy (non-hydrogen) atoms. The molecule has 1 aliphatic heterocycles. The molecule has 0 spiro atoms. The fourth-order valence-corrected chi connectivity index (χ4v) is 4.06. The van der Waals surface area contributed by atoms with Crippen LogP contribution in [0.5, 0.6) is 0 Å². The van der Waals surface area contributed by atoms with E-state index in [0.717, 1.165) is 34.1 Å².